The Balaban J connectivity index is 2.19. The van der Waals surface area contributed by atoms with Crippen LogP contribution in [0.25, 0.3) is 0 Å². The fourth-order valence-electron chi connectivity index (χ4n) is 1.96. The van der Waals surface area contributed by atoms with E-state index in [1.807, 2.05) is 4.90 Å². The van der Waals surface area contributed by atoms with Gasteiger partial charge < -0.3 is 4.90 Å². The summed E-state index contributed by atoms with van der Waals surface area (Å²) >= 11 is 1.68. The van der Waals surface area contributed by atoms with Crippen LogP contribution in [0.15, 0.2) is 29.5 Å². The summed E-state index contributed by atoms with van der Waals surface area (Å²) in [4.78, 5) is 13.4. The van der Waals surface area contributed by atoms with Crippen LogP contribution < -0.4 is 0 Å². The Morgan fingerprint density at radius 1 is 1.71 bits per heavy atom. The predicted molar refractivity (Wildman–Crippen MR) is 58.2 cm³/mol. The maximum Gasteiger partial charge on any atom is 0.246 e. The van der Waals surface area contributed by atoms with Crippen molar-refractivity contribution in [1.82, 2.24) is 4.90 Å². The van der Waals surface area contributed by atoms with Gasteiger partial charge in [0.05, 0.1) is 6.04 Å². The van der Waals surface area contributed by atoms with E-state index >= 15 is 0 Å². The minimum atomic E-state index is 0.0544. The first-order chi connectivity index (χ1) is 6.83. The Labute approximate surface area is 87.9 Å². The van der Waals surface area contributed by atoms with E-state index in [1.54, 1.807) is 11.3 Å². The lowest BCUT2D eigenvalue weighted by Crippen LogP contribution is -2.28. The normalized spacial score (nSPS) is 21.1. The number of thiophene rings is 1. The third kappa shape index (κ3) is 1.60. The van der Waals surface area contributed by atoms with Crippen LogP contribution in [0.4, 0.5) is 0 Å². The number of carbonyl (C=O) groups is 1. The van der Waals surface area contributed by atoms with E-state index in [0.717, 1.165) is 19.4 Å². The molecule has 0 aromatic carbocycles. The molecule has 1 fully saturated rings. The van der Waals surface area contributed by atoms with Crippen molar-refractivity contribution in [3.8, 4) is 0 Å². The van der Waals surface area contributed by atoms with Crippen LogP contribution in [-0.4, -0.2) is 17.4 Å². The van der Waals surface area contributed by atoms with Crippen LogP contribution in [-0.2, 0) is 4.79 Å². The van der Waals surface area contributed by atoms with Gasteiger partial charge in [0.15, 0.2) is 0 Å². The highest BCUT2D eigenvalue weighted by Crippen LogP contribution is 2.32. The van der Waals surface area contributed by atoms with E-state index in [9.17, 15) is 4.79 Å². The minimum absolute atomic E-state index is 0.0544. The molecule has 1 amide bonds. The molecule has 1 unspecified atom stereocenters. The highest BCUT2D eigenvalue weighted by Gasteiger charge is 2.28. The number of carbonyl (C=O) groups excluding carboxylic acids is 1. The van der Waals surface area contributed by atoms with Crippen molar-refractivity contribution in [2.75, 3.05) is 6.54 Å². The molecule has 0 N–H and O–H groups in total. The summed E-state index contributed by atoms with van der Waals surface area (Å²) in [6.07, 6.45) is 3.58. The average molecular weight is 207 g/mol. The minimum Gasteiger partial charge on any atom is -0.332 e. The molecule has 2 heterocycles. The van der Waals surface area contributed by atoms with E-state index in [0.29, 0.717) is 0 Å². The van der Waals surface area contributed by atoms with Crippen LogP contribution in [0, 0.1) is 0 Å². The van der Waals surface area contributed by atoms with Gasteiger partial charge in [0.1, 0.15) is 0 Å². The SMILES string of the molecule is C=CC(=O)N1CCCC1c1ccsc1. The maximum atomic E-state index is 11.5. The zero-order valence-corrected chi connectivity index (χ0v) is 8.80. The van der Waals surface area contributed by atoms with E-state index in [2.05, 4.69) is 23.4 Å². The van der Waals surface area contributed by atoms with Crippen LogP contribution in [0.3, 0.4) is 0 Å². The molecule has 0 bridgehead atoms. The number of hydrogen-bond donors (Lipinski definition) is 0. The van der Waals surface area contributed by atoms with E-state index in [-0.39, 0.29) is 11.9 Å². The number of rotatable bonds is 2. The van der Waals surface area contributed by atoms with Gasteiger partial charge in [-0.2, -0.15) is 11.3 Å². The zero-order chi connectivity index (χ0) is 9.97. The largest absolute Gasteiger partial charge is 0.332 e. The van der Waals surface area contributed by atoms with Crippen LogP contribution in [0.5, 0.6) is 0 Å². The molecule has 1 aromatic heterocycles. The van der Waals surface area contributed by atoms with Crippen molar-refractivity contribution in [3.63, 3.8) is 0 Å². The van der Waals surface area contributed by atoms with Crippen molar-refractivity contribution in [2.24, 2.45) is 0 Å². The number of likely N-dealkylation sites (tertiary alicyclic amines) is 1. The molecule has 0 radical (unpaired) electrons. The standard InChI is InChI=1S/C11H13NOS/c1-2-11(13)12-6-3-4-10(12)9-5-7-14-8-9/h2,5,7-8,10H,1,3-4,6H2. The number of amides is 1. The maximum absolute atomic E-state index is 11.5. The smallest absolute Gasteiger partial charge is 0.246 e. The highest BCUT2D eigenvalue weighted by atomic mass is 32.1. The molecule has 2 rings (SSSR count). The van der Waals surface area contributed by atoms with Crippen molar-refractivity contribution in [1.29, 1.82) is 0 Å². The summed E-state index contributed by atoms with van der Waals surface area (Å²) < 4.78 is 0. The lowest BCUT2D eigenvalue weighted by molar-refractivity contribution is -0.126. The second-order valence-electron chi connectivity index (χ2n) is 3.45. The molecule has 74 valence electrons. The van der Waals surface area contributed by atoms with Gasteiger partial charge in [-0.3, -0.25) is 4.79 Å². The van der Waals surface area contributed by atoms with Crippen LogP contribution in [0.1, 0.15) is 24.4 Å². The van der Waals surface area contributed by atoms with Crippen molar-refractivity contribution in [2.45, 2.75) is 18.9 Å². The van der Waals surface area contributed by atoms with Crippen LogP contribution in [0.2, 0.25) is 0 Å². The lowest BCUT2D eigenvalue weighted by atomic mass is 10.1. The monoisotopic (exact) mass is 207 g/mol. The Morgan fingerprint density at radius 3 is 3.21 bits per heavy atom. The summed E-state index contributed by atoms with van der Waals surface area (Å²) in [5, 5.41) is 4.18. The zero-order valence-electron chi connectivity index (χ0n) is 7.98. The molecule has 3 heteroatoms. The summed E-state index contributed by atoms with van der Waals surface area (Å²) in [5.74, 6) is 0.0544. The molecule has 1 saturated heterocycles. The average Bonchev–Trinajstić information content (AvgIpc) is 2.85. The first-order valence-corrected chi connectivity index (χ1v) is 5.72. The first kappa shape index (κ1) is 9.46. The summed E-state index contributed by atoms with van der Waals surface area (Å²) in [7, 11) is 0. The molecule has 1 aliphatic rings. The van der Waals surface area contributed by atoms with E-state index < -0.39 is 0 Å². The van der Waals surface area contributed by atoms with Gasteiger partial charge in [-0.1, -0.05) is 6.58 Å². The van der Waals surface area contributed by atoms with Gasteiger partial charge in [0.25, 0.3) is 0 Å². The second kappa shape index (κ2) is 3.96. The topological polar surface area (TPSA) is 20.3 Å². The van der Waals surface area contributed by atoms with Gasteiger partial charge in [-0.15, -0.1) is 0 Å². The highest BCUT2D eigenvalue weighted by molar-refractivity contribution is 7.07. The van der Waals surface area contributed by atoms with Gasteiger partial charge in [0, 0.05) is 6.54 Å². The van der Waals surface area contributed by atoms with Gasteiger partial charge >= 0.3 is 0 Å². The molecule has 1 atom stereocenters. The third-order valence-electron chi connectivity index (χ3n) is 2.64. The van der Waals surface area contributed by atoms with Gasteiger partial charge in [0.2, 0.25) is 5.91 Å². The summed E-state index contributed by atoms with van der Waals surface area (Å²) in [6, 6.07) is 2.39. The molecule has 14 heavy (non-hydrogen) atoms. The molecular formula is C11H13NOS. The van der Waals surface area contributed by atoms with Crippen molar-refractivity contribution in [3.05, 3.63) is 35.0 Å². The molecule has 2 nitrogen and oxygen atoms in total. The number of hydrogen-bond acceptors (Lipinski definition) is 2. The fourth-order valence-corrected chi connectivity index (χ4v) is 2.67. The molecular weight excluding hydrogens is 194 g/mol. The van der Waals surface area contributed by atoms with E-state index in [4.69, 9.17) is 0 Å². The van der Waals surface area contributed by atoms with Crippen LogP contribution >= 0.6 is 11.3 Å². The predicted octanol–water partition coefficient (Wildman–Crippen LogP) is 2.60. The Morgan fingerprint density at radius 2 is 2.57 bits per heavy atom. The Kier molecular flexibility index (Phi) is 2.68. The molecule has 0 aliphatic carbocycles. The summed E-state index contributed by atoms with van der Waals surface area (Å²) in [5.41, 5.74) is 1.27. The Bertz CT molecular complexity index is 331. The molecule has 1 aliphatic heterocycles. The van der Waals surface area contributed by atoms with E-state index in [1.165, 1.54) is 11.6 Å². The quantitative estimate of drug-likeness (QED) is 0.683. The fraction of sp³-hybridized carbons (Fsp3) is 0.364. The summed E-state index contributed by atoms with van der Waals surface area (Å²) in [6.45, 7) is 4.40. The first-order valence-electron chi connectivity index (χ1n) is 4.78. The second-order valence-corrected chi connectivity index (χ2v) is 4.23. The molecule has 0 saturated carbocycles. The van der Waals surface area contributed by atoms with Crippen molar-refractivity contribution < 1.29 is 4.79 Å². The Hall–Kier alpha value is -1.09. The third-order valence-corrected chi connectivity index (χ3v) is 3.34. The van der Waals surface area contributed by atoms with Gasteiger partial charge in [-0.25, -0.2) is 0 Å². The lowest BCUT2D eigenvalue weighted by Gasteiger charge is -2.22. The number of nitrogens with zero attached hydrogens (tertiary/aromatic N) is 1. The van der Waals surface area contributed by atoms with Crippen molar-refractivity contribution >= 4 is 17.2 Å². The molecule has 1 aromatic rings. The molecule has 0 spiro atoms. The van der Waals surface area contributed by atoms with Gasteiger partial charge in [-0.05, 0) is 41.3 Å².